The molecular formula is C5H20O12P2. The van der Waals surface area contributed by atoms with Crippen molar-refractivity contribution in [3.05, 3.63) is 0 Å². The second-order valence-electron chi connectivity index (χ2n) is 2.64. The molecule has 0 saturated carbocycles. The van der Waals surface area contributed by atoms with Crippen LogP contribution in [-0.4, -0.2) is 66.7 Å². The predicted molar refractivity (Wildman–Crippen MR) is 62.0 cm³/mol. The lowest BCUT2D eigenvalue weighted by molar-refractivity contribution is 0.0837. The molecule has 0 aliphatic rings. The Kier molecular flexibility index (Phi) is 18.8. The molecule has 0 bridgehead atoms. The molecule has 10 N–H and O–H groups in total. The fourth-order valence-electron chi connectivity index (χ4n) is 0.467. The first-order valence-corrected chi connectivity index (χ1v) is 7.23. The van der Waals surface area contributed by atoms with Crippen LogP contribution < -0.4 is 0 Å². The Bertz CT molecular complexity index is 267. The van der Waals surface area contributed by atoms with Crippen LogP contribution in [0.5, 0.6) is 0 Å². The highest BCUT2D eigenvalue weighted by Crippen LogP contribution is 2.40. The van der Waals surface area contributed by atoms with E-state index in [-0.39, 0.29) is 24.2 Å². The third kappa shape index (κ3) is 32.0. The van der Waals surface area contributed by atoms with Crippen LogP contribution >= 0.6 is 15.6 Å². The monoisotopic (exact) mass is 334 g/mol. The molecule has 0 aromatic carbocycles. The van der Waals surface area contributed by atoms with E-state index in [1.807, 2.05) is 0 Å². The van der Waals surface area contributed by atoms with E-state index in [1.54, 1.807) is 0 Å². The second kappa shape index (κ2) is 13.1. The van der Waals surface area contributed by atoms with Gasteiger partial charge in [0.05, 0.1) is 25.9 Å². The molecule has 0 aromatic heterocycles. The van der Waals surface area contributed by atoms with Crippen LogP contribution in [-0.2, 0) is 18.2 Å². The highest BCUT2D eigenvalue weighted by atomic mass is 31.2. The lowest BCUT2D eigenvalue weighted by Gasteiger charge is -2.13. The number of hydrogen-bond acceptors (Lipinski definition) is 6. The Hall–Kier alpha value is 0.0600. The summed E-state index contributed by atoms with van der Waals surface area (Å²) in [4.78, 5) is 32.9. The van der Waals surface area contributed by atoms with Gasteiger partial charge >= 0.3 is 15.6 Å². The minimum atomic E-state index is -4.64. The molecule has 1 atom stereocenters. The summed E-state index contributed by atoms with van der Waals surface area (Å²) in [6, 6.07) is 0. The van der Waals surface area contributed by atoms with Crippen LogP contribution in [0.1, 0.15) is 6.92 Å². The van der Waals surface area contributed by atoms with E-state index in [1.165, 1.54) is 6.92 Å². The number of hydrogen-bond donors (Lipinski definition) is 6. The summed E-state index contributed by atoms with van der Waals surface area (Å²) in [6.45, 7) is 0.351. The van der Waals surface area contributed by atoms with Gasteiger partial charge in [0.2, 0.25) is 0 Å². The molecule has 0 rings (SSSR count). The van der Waals surface area contributed by atoms with E-state index in [9.17, 15) is 9.13 Å². The van der Waals surface area contributed by atoms with Crippen LogP contribution in [0.25, 0.3) is 0 Å². The molecule has 0 saturated heterocycles. The molecule has 0 radical (unpaired) electrons. The van der Waals surface area contributed by atoms with Crippen molar-refractivity contribution in [2.75, 3.05) is 19.8 Å². The van der Waals surface area contributed by atoms with Crippen LogP contribution in [0, 0.1) is 0 Å². The zero-order chi connectivity index (χ0) is 14.1. The van der Waals surface area contributed by atoms with Crippen molar-refractivity contribution in [1.82, 2.24) is 0 Å². The molecule has 1 unspecified atom stereocenters. The molecular weight excluding hydrogens is 314 g/mol. The van der Waals surface area contributed by atoms with Crippen molar-refractivity contribution >= 4 is 15.6 Å². The van der Waals surface area contributed by atoms with Gasteiger partial charge in [0.1, 0.15) is 0 Å². The van der Waals surface area contributed by atoms with E-state index in [0.717, 1.165) is 0 Å². The summed E-state index contributed by atoms with van der Waals surface area (Å²) in [5, 5.41) is 15.2. The number of aliphatic hydroxyl groups excluding tert-OH is 2. The van der Waals surface area contributed by atoms with Crippen LogP contribution in [0.3, 0.4) is 0 Å². The summed E-state index contributed by atoms with van der Waals surface area (Å²) < 4.78 is 28.3. The first-order chi connectivity index (χ1) is 7.52. The van der Waals surface area contributed by atoms with Gasteiger partial charge in [-0.15, -0.1) is 0 Å². The first kappa shape index (κ1) is 27.4. The molecule has 12 nitrogen and oxygen atoms in total. The normalized spacial score (nSPS) is 12.4. The molecule has 0 fully saturated rings. The number of rotatable bonds is 6. The quantitative estimate of drug-likeness (QED) is 0.267. The Labute approximate surface area is 108 Å². The van der Waals surface area contributed by atoms with E-state index >= 15 is 0 Å². The summed E-state index contributed by atoms with van der Waals surface area (Å²) in [5.41, 5.74) is 0. The lowest BCUT2D eigenvalue weighted by Crippen LogP contribution is -2.13. The Morgan fingerprint density at radius 3 is 1.53 bits per heavy atom. The van der Waals surface area contributed by atoms with Gasteiger partial charge < -0.3 is 40.7 Å². The average molecular weight is 334 g/mol. The fourth-order valence-corrected chi connectivity index (χ4v) is 1.40. The van der Waals surface area contributed by atoms with Crippen LogP contribution in [0.2, 0.25) is 0 Å². The van der Waals surface area contributed by atoms with Gasteiger partial charge in [0, 0.05) is 0 Å². The summed E-state index contributed by atoms with van der Waals surface area (Å²) >= 11 is 0. The summed E-state index contributed by atoms with van der Waals surface area (Å²) in [7, 11) is -9.25. The van der Waals surface area contributed by atoms with Gasteiger partial charge in [-0.3, -0.25) is 9.05 Å². The van der Waals surface area contributed by atoms with E-state index in [2.05, 4.69) is 9.05 Å². The van der Waals surface area contributed by atoms with Crippen LogP contribution in [0.15, 0.2) is 0 Å². The summed E-state index contributed by atoms with van der Waals surface area (Å²) in [5.74, 6) is 0. The molecule has 0 heterocycles. The first-order valence-electron chi connectivity index (χ1n) is 4.17. The zero-order valence-corrected chi connectivity index (χ0v) is 11.7. The van der Waals surface area contributed by atoms with Gasteiger partial charge in [-0.25, -0.2) is 9.13 Å². The van der Waals surface area contributed by atoms with Crippen molar-refractivity contribution in [2.45, 2.75) is 13.0 Å². The number of phosphoric ester groups is 2. The van der Waals surface area contributed by atoms with Gasteiger partial charge in [-0.1, -0.05) is 0 Å². The van der Waals surface area contributed by atoms with Gasteiger partial charge in [0.25, 0.3) is 0 Å². The maximum absolute atomic E-state index is 10.2. The van der Waals surface area contributed by atoms with Gasteiger partial charge in [-0.2, -0.15) is 0 Å². The Balaban J connectivity index is -0.000000165. The third-order valence-electron chi connectivity index (χ3n) is 0.895. The maximum atomic E-state index is 10.2. The topological polar surface area (TPSA) is 237 Å². The third-order valence-corrected chi connectivity index (χ3v) is 2.01. The number of phosphoric acid groups is 2. The lowest BCUT2D eigenvalue weighted by atomic mass is 10.5. The standard InChI is InChI=1S/C3H10O8P2.C2H6O2.2H2O/c1-3(11-13(7,8)9)2-10-12(4,5)6;3-1-2-4;;/h3H,2H2,1H3,(H2,4,5,6)(H2,7,8,9);3-4H,1-2H2;2*1H2. The van der Waals surface area contributed by atoms with Gasteiger partial charge in [-0.05, 0) is 6.92 Å². The largest absolute Gasteiger partial charge is 0.469 e. The van der Waals surface area contributed by atoms with Crippen molar-refractivity contribution in [1.29, 1.82) is 0 Å². The Morgan fingerprint density at radius 2 is 1.32 bits per heavy atom. The van der Waals surface area contributed by atoms with Crippen molar-refractivity contribution < 1.29 is 58.9 Å². The Morgan fingerprint density at radius 1 is 0.947 bits per heavy atom. The van der Waals surface area contributed by atoms with Crippen molar-refractivity contribution in [2.24, 2.45) is 0 Å². The van der Waals surface area contributed by atoms with Crippen molar-refractivity contribution in [3.8, 4) is 0 Å². The van der Waals surface area contributed by atoms with E-state index < -0.39 is 28.4 Å². The molecule has 0 spiro atoms. The second-order valence-corrected chi connectivity index (χ2v) is 5.07. The molecule has 19 heavy (non-hydrogen) atoms. The van der Waals surface area contributed by atoms with E-state index in [0.29, 0.717) is 0 Å². The maximum Gasteiger partial charge on any atom is 0.469 e. The van der Waals surface area contributed by atoms with Crippen LogP contribution in [0.4, 0.5) is 0 Å². The fraction of sp³-hybridized carbons (Fsp3) is 1.00. The molecule has 0 aliphatic heterocycles. The van der Waals surface area contributed by atoms with Crippen molar-refractivity contribution in [3.63, 3.8) is 0 Å². The molecule has 122 valence electrons. The predicted octanol–water partition coefficient (Wildman–Crippen LogP) is -3.08. The minimum Gasteiger partial charge on any atom is -0.412 e. The average Bonchev–Trinajstić information content (AvgIpc) is 2.11. The number of aliphatic hydroxyl groups is 2. The zero-order valence-electron chi connectivity index (χ0n) is 9.91. The molecule has 14 heteroatoms. The molecule has 0 amide bonds. The molecule has 0 aliphatic carbocycles. The van der Waals surface area contributed by atoms with E-state index in [4.69, 9.17) is 29.8 Å². The highest BCUT2D eigenvalue weighted by molar-refractivity contribution is 7.46. The minimum absolute atomic E-state index is 0. The van der Waals surface area contributed by atoms with Gasteiger partial charge in [0.15, 0.2) is 0 Å². The molecule has 0 aromatic rings. The smallest absolute Gasteiger partial charge is 0.412 e. The summed E-state index contributed by atoms with van der Waals surface area (Å²) in [6.07, 6.45) is -1.10. The highest BCUT2D eigenvalue weighted by Gasteiger charge is 2.22. The SMILES string of the molecule is CC(COP(=O)(O)O)OP(=O)(O)O.O.O.OCCO.